The van der Waals surface area contributed by atoms with E-state index in [9.17, 15) is 14.6 Å². The molecule has 128 valence electrons. The number of phosphoric ester groups is 1. The molecular formula is C10H16N5O7P. The van der Waals surface area contributed by atoms with E-state index in [0.29, 0.717) is 0 Å². The fraction of sp³-hybridized carbons (Fsp3) is 0.600. The molecule has 0 bridgehead atoms. The molecule has 0 radical (unpaired) electrons. The first-order valence-electron chi connectivity index (χ1n) is 6.52. The third-order valence-corrected chi connectivity index (χ3v) is 4.49. The van der Waals surface area contributed by atoms with Crippen LogP contribution >= 0.6 is 7.82 Å². The van der Waals surface area contributed by atoms with Crippen molar-refractivity contribution in [1.82, 2.24) is 9.55 Å². The second-order valence-electron chi connectivity index (χ2n) is 4.93. The molecule has 1 aromatic heterocycles. The van der Waals surface area contributed by atoms with Gasteiger partial charge >= 0.3 is 7.82 Å². The number of anilines is 1. The number of phosphoric acid groups is 1. The minimum absolute atomic E-state index is 0.0481. The number of nitrogens with two attached hydrogens (primary N) is 2. The van der Waals surface area contributed by atoms with Crippen molar-refractivity contribution in [3.8, 4) is 0 Å². The molecule has 0 saturated carbocycles. The maximum absolute atomic E-state index is 11.5. The molecule has 2 saturated heterocycles. The zero-order valence-electron chi connectivity index (χ0n) is 12.0. The highest BCUT2D eigenvalue weighted by atomic mass is 31.2. The minimum Gasteiger partial charge on any atom is -0.397 e. The summed E-state index contributed by atoms with van der Waals surface area (Å²) in [7, 11) is -2.88. The Kier molecular flexibility index (Phi) is 4.04. The lowest BCUT2D eigenvalue weighted by Gasteiger charge is -2.27. The topological polar surface area (TPSA) is 177 Å². The van der Waals surface area contributed by atoms with E-state index in [1.807, 2.05) is 0 Å². The predicted molar refractivity (Wildman–Crippen MR) is 74.9 cm³/mol. The summed E-state index contributed by atoms with van der Waals surface area (Å²) in [5, 5.41) is 13.8. The SMILES string of the molecule is CON=C(N)c1ncn(C2OC3COP(=O)(O)OC3C2O)c1N. The summed E-state index contributed by atoms with van der Waals surface area (Å²) < 4.78 is 27.9. The van der Waals surface area contributed by atoms with Gasteiger partial charge in [-0.25, -0.2) is 9.55 Å². The average Bonchev–Trinajstić information content (AvgIpc) is 3.00. The van der Waals surface area contributed by atoms with Gasteiger partial charge in [-0.05, 0) is 0 Å². The second-order valence-corrected chi connectivity index (χ2v) is 6.34. The normalized spacial score (nSPS) is 37.6. The molecule has 1 aromatic rings. The molecule has 0 spiro atoms. The summed E-state index contributed by atoms with van der Waals surface area (Å²) in [6, 6.07) is 0. The summed E-state index contributed by atoms with van der Waals surface area (Å²) >= 11 is 0. The van der Waals surface area contributed by atoms with Crippen LogP contribution in [0.3, 0.4) is 0 Å². The Hall–Kier alpha value is -1.69. The highest BCUT2D eigenvalue weighted by Gasteiger charge is 2.52. The fourth-order valence-corrected chi connectivity index (χ4v) is 3.44. The summed E-state index contributed by atoms with van der Waals surface area (Å²) in [6.45, 7) is -0.194. The number of fused-ring (bicyclic) bond motifs is 1. The predicted octanol–water partition coefficient (Wildman–Crippen LogP) is -1.49. The van der Waals surface area contributed by atoms with Crippen LogP contribution in [0.15, 0.2) is 11.5 Å². The lowest BCUT2D eigenvalue weighted by atomic mass is 10.1. The van der Waals surface area contributed by atoms with Crippen LogP contribution in [0.1, 0.15) is 11.9 Å². The molecule has 23 heavy (non-hydrogen) atoms. The van der Waals surface area contributed by atoms with Crippen molar-refractivity contribution in [1.29, 1.82) is 0 Å². The molecule has 3 heterocycles. The van der Waals surface area contributed by atoms with Gasteiger partial charge in [0.2, 0.25) is 0 Å². The molecule has 2 aliphatic heterocycles. The lowest BCUT2D eigenvalue weighted by molar-refractivity contribution is -0.0668. The number of aliphatic hydroxyl groups excluding tert-OH is 1. The van der Waals surface area contributed by atoms with Crippen LogP contribution in [0.25, 0.3) is 0 Å². The number of nitrogen functional groups attached to an aromatic ring is 1. The van der Waals surface area contributed by atoms with Gasteiger partial charge < -0.3 is 31.0 Å². The van der Waals surface area contributed by atoms with Crippen molar-refractivity contribution in [2.45, 2.75) is 24.5 Å². The van der Waals surface area contributed by atoms with E-state index in [0.717, 1.165) is 0 Å². The number of ether oxygens (including phenoxy) is 1. The Morgan fingerprint density at radius 2 is 2.39 bits per heavy atom. The van der Waals surface area contributed by atoms with Crippen LogP contribution in [0.2, 0.25) is 0 Å². The first-order valence-corrected chi connectivity index (χ1v) is 8.02. The van der Waals surface area contributed by atoms with Gasteiger partial charge in [0.1, 0.15) is 31.2 Å². The highest BCUT2D eigenvalue weighted by Crippen LogP contribution is 2.52. The zero-order chi connectivity index (χ0) is 16.8. The Labute approximate surface area is 130 Å². The second kappa shape index (κ2) is 5.74. The molecule has 0 aliphatic carbocycles. The maximum Gasteiger partial charge on any atom is 0.472 e. The number of aliphatic hydroxyl groups is 1. The number of oxime groups is 1. The van der Waals surface area contributed by atoms with E-state index in [1.54, 1.807) is 0 Å². The third kappa shape index (κ3) is 2.80. The van der Waals surface area contributed by atoms with Crippen LogP contribution in [0.4, 0.5) is 5.82 Å². The molecule has 5 unspecified atom stereocenters. The van der Waals surface area contributed by atoms with E-state index in [4.69, 9.17) is 20.7 Å². The number of imidazole rings is 1. The molecule has 0 amide bonds. The third-order valence-electron chi connectivity index (χ3n) is 3.50. The molecule has 0 aromatic carbocycles. The Balaban J connectivity index is 1.86. The molecule has 3 rings (SSSR count). The van der Waals surface area contributed by atoms with Gasteiger partial charge in [0.15, 0.2) is 17.8 Å². The lowest BCUT2D eigenvalue weighted by Crippen LogP contribution is -2.39. The monoisotopic (exact) mass is 349 g/mol. The number of aromatic nitrogens is 2. The van der Waals surface area contributed by atoms with Crippen molar-refractivity contribution < 1.29 is 33.2 Å². The number of amidine groups is 1. The molecule has 2 fully saturated rings. The summed E-state index contributed by atoms with van der Waals surface area (Å²) in [6.07, 6.45) is -2.69. The molecule has 2 aliphatic rings. The van der Waals surface area contributed by atoms with Crippen LogP contribution in [-0.2, 0) is 23.2 Å². The van der Waals surface area contributed by atoms with Gasteiger partial charge in [-0.15, -0.1) is 0 Å². The van der Waals surface area contributed by atoms with Gasteiger partial charge in [0, 0.05) is 0 Å². The van der Waals surface area contributed by atoms with Crippen molar-refractivity contribution >= 4 is 19.5 Å². The highest BCUT2D eigenvalue weighted by molar-refractivity contribution is 7.47. The van der Waals surface area contributed by atoms with Crippen molar-refractivity contribution in [3.63, 3.8) is 0 Å². The first-order chi connectivity index (χ1) is 10.8. The number of nitrogens with zero attached hydrogens (tertiary/aromatic N) is 3. The quantitative estimate of drug-likeness (QED) is 0.217. The number of hydrogen-bond donors (Lipinski definition) is 4. The molecular weight excluding hydrogens is 333 g/mol. The van der Waals surface area contributed by atoms with E-state index in [-0.39, 0.29) is 24.0 Å². The Bertz CT molecular complexity index is 679. The largest absolute Gasteiger partial charge is 0.472 e. The summed E-state index contributed by atoms with van der Waals surface area (Å²) in [4.78, 5) is 17.9. The van der Waals surface area contributed by atoms with E-state index >= 15 is 0 Å². The molecule has 5 atom stereocenters. The van der Waals surface area contributed by atoms with Gasteiger partial charge in [-0.3, -0.25) is 13.6 Å². The van der Waals surface area contributed by atoms with E-state index in [2.05, 4.69) is 19.5 Å². The number of rotatable bonds is 3. The number of hydrogen-bond acceptors (Lipinski definition) is 9. The van der Waals surface area contributed by atoms with Crippen molar-refractivity contribution in [3.05, 3.63) is 12.0 Å². The van der Waals surface area contributed by atoms with Crippen LogP contribution < -0.4 is 11.5 Å². The maximum atomic E-state index is 11.5. The van der Waals surface area contributed by atoms with Gasteiger partial charge in [0.05, 0.1) is 12.9 Å². The van der Waals surface area contributed by atoms with Crippen molar-refractivity contribution in [2.24, 2.45) is 10.9 Å². The molecule has 13 heteroatoms. The Morgan fingerprint density at radius 1 is 1.65 bits per heavy atom. The minimum atomic E-state index is -4.20. The summed E-state index contributed by atoms with van der Waals surface area (Å²) in [5.74, 6) is 0.0344. The van der Waals surface area contributed by atoms with Crippen LogP contribution in [0.5, 0.6) is 0 Å². The average molecular weight is 349 g/mol. The van der Waals surface area contributed by atoms with Gasteiger partial charge in [-0.1, -0.05) is 5.16 Å². The van der Waals surface area contributed by atoms with Gasteiger partial charge in [-0.2, -0.15) is 0 Å². The van der Waals surface area contributed by atoms with Crippen LogP contribution in [0, 0.1) is 0 Å². The fourth-order valence-electron chi connectivity index (χ4n) is 2.48. The molecule has 12 nitrogen and oxygen atoms in total. The zero-order valence-corrected chi connectivity index (χ0v) is 12.9. The standard InChI is InChI=1S/C10H16N5O7P/c1-19-14-8(11)5-9(12)15(3-13-5)10-6(16)7-4(21-10)2-20-23(17,18)22-7/h3-4,6-7,10,16H,2,12H2,1H3,(H2,11,14)(H,17,18). The molecule has 6 N–H and O–H groups in total. The summed E-state index contributed by atoms with van der Waals surface area (Å²) in [5.41, 5.74) is 11.7. The van der Waals surface area contributed by atoms with Crippen LogP contribution in [-0.4, -0.2) is 57.4 Å². The van der Waals surface area contributed by atoms with E-state index < -0.39 is 32.4 Å². The smallest absolute Gasteiger partial charge is 0.397 e. The van der Waals surface area contributed by atoms with E-state index in [1.165, 1.54) is 18.0 Å². The Morgan fingerprint density at radius 3 is 3.09 bits per heavy atom. The van der Waals surface area contributed by atoms with Gasteiger partial charge in [0.25, 0.3) is 0 Å². The first kappa shape index (κ1) is 16.2. The van der Waals surface area contributed by atoms with Crippen molar-refractivity contribution in [2.75, 3.05) is 19.5 Å².